The van der Waals surface area contributed by atoms with E-state index in [1.54, 1.807) is 12.1 Å². The lowest BCUT2D eigenvalue weighted by Crippen LogP contribution is -2.18. The molecule has 2 aromatic carbocycles. The molecule has 1 aliphatic heterocycles. The van der Waals surface area contributed by atoms with Crippen LogP contribution in [0.5, 0.6) is 17.2 Å². The quantitative estimate of drug-likeness (QED) is 0.513. The summed E-state index contributed by atoms with van der Waals surface area (Å²) >= 11 is 1.25. The molecule has 3 aromatic rings. The molecule has 0 spiro atoms. The van der Waals surface area contributed by atoms with Gasteiger partial charge in [-0.05, 0) is 25.1 Å². The Labute approximate surface area is 163 Å². The number of ether oxygens (including phenoxy) is 3. The van der Waals surface area contributed by atoms with Crippen molar-refractivity contribution in [2.75, 3.05) is 25.1 Å². The summed E-state index contributed by atoms with van der Waals surface area (Å²) in [6, 6.07) is 7.94. The van der Waals surface area contributed by atoms with E-state index in [-0.39, 0.29) is 17.0 Å². The molecule has 144 valence electrons. The number of benzene rings is 2. The number of carbonyl (C=O) groups is 1. The van der Waals surface area contributed by atoms with Crippen LogP contribution >= 0.6 is 11.3 Å². The first kappa shape index (κ1) is 18.0. The molecule has 1 amide bonds. The fourth-order valence-corrected chi connectivity index (χ4v) is 3.68. The molecule has 10 heteroatoms. The molecule has 0 aliphatic carbocycles. The van der Waals surface area contributed by atoms with Gasteiger partial charge in [0.1, 0.15) is 24.5 Å². The predicted molar refractivity (Wildman–Crippen MR) is 103 cm³/mol. The second-order valence-corrected chi connectivity index (χ2v) is 6.84. The molecule has 0 unspecified atom stereocenters. The zero-order valence-electron chi connectivity index (χ0n) is 14.8. The van der Waals surface area contributed by atoms with E-state index in [9.17, 15) is 14.9 Å². The van der Waals surface area contributed by atoms with Gasteiger partial charge in [-0.15, -0.1) is 0 Å². The van der Waals surface area contributed by atoms with E-state index in [0.717, 1.165) is 4.70 Å². The zero-order chi connectivity index (χ0) is 19.7. The molecule has 1 aliphatic rings. The maximum absolute atomic E-state index is 12.7. The first-order chi connectivity index (χ1) is 13.5. The molecule has 9 nitrogen and oxygen atoms in total. The van der Waals surface area contributed by atoms with Crippen LogP contribution in [0, 0.1) is 10.1 Å². The number of thiazole rings is 1. The number of hydrogen-bond donors (Lipinski definition) is 1. The summed E-state index contributed by atoms with van der Waals surface area (Å²) in [6.45, 7) is 3.04. The number of aromatic nitrogens is 1. The minimum absolute atomic E-state index is 0.122. The largest absolute Gasteiger partial charge is 0.494 e. The zero-order valence-corrected chi connectivity index (χ0v) is 15.6. The number of nitrogens with zero attached hydrogens (tertiary/aromatic N) is 2. The fourth-order valence-electron chi connectivity index (χ4n) is 2.79. The molecule has 0 fully saturated rings. The molecular formula is C18H15N3O6S. The normalized spacial score (nSPS) is 12.6. The standard InChI is InChI=1S/C18H15N3O6S/c1-2-25-10-3-4-12-16(7-10)28-18(19-12)20-17(22)11-8-14-15(27-6-5-26-14)9-13(11)21(23)24/h3-4,7-9H,2,5-6H2,1H3,(H,19,20,22). The third kappa shape index (κ3) is 3.41. The third-order valence-electron chi connectivity index (χ3n) is 3.99. The van der Waals surface area contributed by atoms with E-state index in [4.69, 9.17) is 14.2 Å². The van der Waals surface area contributed by atoms with Gasteiger partial charge < -0.3 is 14.2 Å². The van der Waals surface area contributed by atoms with Crippen molar-refractivity contribution in [3.8, 4) is 17.2 Å². The van der Waals surface area contributed by atoms with Crippen LogP contribution in [0.4, 0.5) is 10.8 Å². The number of hydrogen-bond acceptors (Lipinski definition) is 8. The highest BCUT2D eigenvalue weighted by molar-refractivity contribution is 7.22. The van der Waals surface area contributed by atoms with Crippen LogP contribution in [-0.4, -0.2) is 35.6 Å². The van der Waals surface area contributed by atoms with Gasteiger partial charge in [0.05, 0.1) is 27.8 Å². The van der Waals surface area contributed by atoms with Gasteiger partial charge in [0, 0.05) is 6.07 Å². The van der Waals surface area contributed by atoms with Gasteiger partial charge in [0.15, 0.2) is 16.6 Å². The molecular weight excluding hydrogens is 386 g/mol. The van der Waals surface area contributed by atoms with Crippen molar-refractivity contribution >= 4 is 38.3 Å². The Bertz CT molecular complexity index is 1080. The molecule has 0 saturated carbocycles. The number of nitrogens with one attached hydrogen (secondary N) is 1. The van der Waals surface area contributed by atoms with Crippen LogP contribution in [-0.2, 0) is 0 Å². The fraction of sp³-hybridized carbons (Fsp3) is 0.222. The Morgan fingerprint density at radius 2 is 2.04 bits per heavy atom. The second kappa shape index (κ2) is 7.31. The first-order valence-electron chi connectivity index (χ1n) is 8.48. The summed E-state index contributed by atoms with van der Waals surface area (Å²) in [5.41, 5.74) is 0.213. The molecule has 0 atom stereocenters. The number of amides is 1. The van der Waals surface area contributed by atoms with Gasteiger partial charge in [0.2, 0.25) is 0 Å². The molecule has 1 aromatic heterocycles. The summed E-state index contributed by atoms with van der Waals surface area (Å²) in [4.78, 5) is 27.8. The summed E-state index contributed by atoms with van der Waals surface area (Å²) in [7, 11) is 0. The van der Waals surface area contributed by atoms with E-state index >= 15 is 0 Å². The van der Waals surface area contributed by atoms with E-state index in [0.29, 0.717) is 42.0 Å². The number of anilines is 1. The van der Waals surface area contributed by atoms with Gasteiger partial charge >= 0.3 is 0 Å². The number of fused-ring (bicyclic) bond motifs is 2. The van der Waals surface area contributed by atoms with Gasteiger partial charge in [0.25, 0.3) is 11.6 Å². The summed E-state index contributed by atoms with van der Waals surface area (Å²) in [6.07, 6.45) is 0. The minimum atomic E-state index is -0.646. The van der Waals surface area contributed by atoms with Crippen molar-refractivity contribution in [2.24, 2.45) is 0 Å². The van der Waals surface area contributed by atoms with Gasteiger partial charge in [-0.25, -0.2) is 4.98 Å². The summed E-state index contributed by atoms with van der Waals surface area (Å²) < 4.78 is 17.1. The van der Waals surface area contributed by atoms with Crippen LogP contribution in [0.15, 0.2) is 30.3 Å². The Morgan fingerprint density at radius 3 is 2.75 bits per heavy atom. The highest BCUT2D eigenvalue weighted by atomic mass is 32.1. The van der Waals surface area contributed by atoms with Gasteiger partial charge in [-0.1, -0.05) is 11.3 Å². The number of nitro benzene ring substituents is 1. The predicted octanol–water partition coefficient (Wildman–Crippen LogP) is 3.63. The number of nitro groups is 1. The number of rotatable bonds is 5. The minimum Gasteiger partial charge on any atom is -0.494 e. The molecule has 2 heterocycles. The molecule has 28 heavy (non-hydrogen) atoms. The van der Waals surface area contributed by atoms with Crippen molar-refractivity contribution in [1.82, 2.24) is 4.98 Å². The van der Waals surface area contributed by atoms with Crippen molar-refractivity contribution in [3.05, 3.63) is 46.0 Å². The highest BCUT2D eigenvalue weighted by Crippen LogP contribution is 2.37. The van der Waals surface area contributed by atoms with E-state index in [1.807, 2.05) is 13.0 Å². The van der Waals surface area contributed by atoms with Gasteiger partial charge in [-0.2, -0.15) is 0 Å². The molecule has 0 bridgehead atoms. The Hall–Kier alpha value is -3.40. The first-order valence-corrected chi connectivity index (χ1v) is 9.29. The van der Waals surface area contributed by atoms with E-state index in [2.05, 4.69) is 10.3 Å². The second-order valence-electron chi connectivity index (χ2n) is 5.81. The lowest BCUT2D eigenvalue weighted by atomic mass is 10.1. The van der Waals surface area contributed by atoms with Gasteiger partial charge in [-0.3, -0.25) is 20.2 Å². The monoisotopic (exact) mass is 401 g/mol. The Balaban J connectivity index is 1.64. The van der Waals surface area contributed by atoms with Crippen LogP contribution in [0.1, 0.15) is 17.3 Å². The summed E-state index contributed by atoms with van der Waals surface area (Å²) in [5.74, 6) is 0.609. The van der Waals surface area contributed by atoms with Crippen LogP contribution < -0.4 is 19.5 Å². The highest BCUT2D eigenvalue weighted by Gasteiger charge is 2.27. The smallest absolute Gasteiger partial charge is 0.286 e. The van der Waals surface area contributed by atoms with Crippen molar-refractivity contribution < 1.29 is 23.9 Å². The lowest BCUT2D eigenvalue weighted by molar-refractivity contribution is -0.385. The van der Waals surface area contributed by atoms with E-state index in [1.165, 1.54) is 23.5 Å². The molecule has 1 N–H and O–H groups in total. The van der Waals surface area contributed by atoms with Crippen molar-refractivity contribution in [3.63, 3.8) is 0 Å². The topological polar surface area (TPSA) is 113 Å². The van der Waals surface area contributed by atoms with E-state index < -0.39 is 10.8 Å². The maximum Gasteiger partial charge on any atom is 0.286 e. The number of carbonyl (C=O) groups excluding carboxylic acids is 1. The molecule has 4 rings (SSSR count). The van der Waals surface area contributed by atoms with Crippen molar-refractivity contribution in [1.29, 1.82) is 0 Å². The average molecular weight is 401 g/mol. The maximum atomic E-state index is 12.7. The van der Waals surface area contributed by atoms with Crippen molar-refractivity contribution in [2.45, 2.75) is 6.92 Å². The lowest BCUT2D eigenvalue weighted by Gasteiger charge is -2.18. The Kier molecular flexibility index (Phi) is 4.70. The SMILES string of the molecule is CCOc1ccc2nc(NC(=O)c3cc4c(cc3[N+](=O)[O-])OCCO4)sc2c1. The van der Waals surface area contributed by atoms with Crippen LogP contribution in [0.3, 0.4) is 0 Å². The average Bonchev–Trinajstić information content (AvgIpc) is 3.08. The molecule has 0 radical (unpaired) electrons. The summed E-state index contributed by atoms with van der Waals surface area (Å²) in [5, 5.41) is 14.4. The van der Waals surface area contributed by atoms with Crippen LogP contribution in [0.2, 0.25) is 0 Å². The molecule has 0 saturated heterocycles. The third-order valence-corrected chi connectivity index (χ3v) is 4.93. The van der Waals surface area contributed by atoms with Crippen LogP contribution in [0.25, 0.3) is 10.2 Å². The Morgan fingerprint density at radius 1 is 1.29 bits per heavy atom.